The maximum atomic E-state index is 13.2. The molecule has 0 aliphatic carbocycles. The van der Waals surface area contributed by atoms with E-state index in [1.54, 1.807) is 0 Å². The summed E-state index contributed by atoms with van der Waals surface area (Å²) in [7, 11) is -3.70. The molecule has 3 rings (SSSR count). The van der Waals surface area contributed by atoms with Crippen molar-refractivity contribution in [2.24, 2.45) is 0 Å². The van der Waals surface area contributed by atoms with E-state index in [2.05, 4.69) is 5.32 Å². The molecule has 156 valence electrons. The summed E-state index contributed by atoms with van der Waals surface area (Å²) in [6.45, 7) is -0.106. The number of nitrogens with one attached hydrogen (secondary N) is 1. The van der Waals surface area contributed by atoms with Crippen LogP contribution in [-0.4, -0.2) is 33.2 Å². The predicted octanol–water partition coefficient (Wildman–Crippen LogP) is 3.91. The SMILES string of the molecule is CS(=O)(=O)N1CC[C@H](C(=O)Nc2ccccc2C(F)(F)F)Oc2ccc(Cl)cc21. The average Bonchev–Trinajstić information content (AvgIpc) is 2.80. The third-order valence-electron chi connectivity index (χ3n) is 4.24. The first-order chi connectivity index (χ1) is 13.5. The van der Waals surface area contributed by atoms with E-state index >= 15 is 0 Å². The zero-order valence-electron chi connectivity index (χ0n) is 15.0. The van der Waals surface area contributed by atoms with Crippen molar-refractivity contribution >= 4 is 38.9 Å². The molecule has 1 amide bonds. The molecule has 29 heavy (non-hydrogen) atoms. The van der Waals surface area contributed by atoms with Crippen molar-refractivity contribution in [3.8, 4) is 5.75 Å². The lowest BCUT2D eigenvalue weighted by molar-refractivity contribution is -0.137. The van der Waals surface area contributed by atoms with Crippen LogP contribution in [0.3, 0.4) is 0 Å². The lowest BCUT2D eigenvalue weighted by Crippen LogP contribution is -2.36. The van der Waals surface area contributed by atoms with Gasteiger partial charge in [-0.05, 0) is 30.3 Å². The summed E-state index contributed by atoms with van der Waals surface area (Å²) in [5.41, 5.74) is -1.24. The van der Waals surface area contributed by atoms with Gasteiger partial charge in [-0.25, -0.2) is 8.42 Å². The van der Waals surface area contributed by atoms with Crippen LogP contribution in [0.15, 0.2) is 42.5 Å². The second-order valence-electron chi connectivity index (χ2n) is 6.37. The number of amides is 1. The number of ether oxygens (including phenoxy) is 1. The molecule has 2 aromatic carbocycles. The van der Waals surface area contributed by atoms with Gasteiger partial charge in [-0.15, -0.1) is 0 Å². The highest BCUT2D eigenvalue weighted by atomic mass is 35.5. The second kappa shape index (κ2) is 7.75. The molecule has 0 radical (unpaired) electrons. The Hall–Kier alpha value is -2.46. The normalized spacial score (nSPS) is 17.1. The van der Waals surface area contributed by atoms with E-state index in [0.717, 1.165) is 22.7 Å². The van der Waals surface area contributed by atoms with Crippen LogP contribution in [0.2, 0.25) is 5.02 Å². The number of fused-ring (bicyclic) bond motifs is 1. The van der Waals surface area contributed by atoms with Crippen molar-refractivity contribution in [2.45, 2.75) is 18.7 Å². The van der Waals surface area contributed by atoms with Crippen LogP contribution in [0.25, 0.3) is 0 Å². The van der Waals surface area contributed by atoms with Crippen molar-refractivity contribution in [3.05, 3.63) is 53.1 Å². The fraction of sp³-hybridized carbons (Fsp3) is 0.278. The van der Waals surface area contributed by atoms with Gasteiger partial charge in [0.1, 0.15) is 5.75 Å². The number of halogens is 4. The zero-order chi connectivity index (χ0) is 21.4. The molecule has 1 atom stereocenters. The minimum absolute atomic E-state index is 0.0701. The summed E-state index contributed by atoms with van der Waals surface area (Å²) < 4.78 is 70.4. The Morgan fingerprint density at radius 3 is 2.59 bits per heavy atom. The Bertz CT molecular complexity index is 1040. The molecular weight excluding hydrogens is 433 g/mol. The molecule has 0 bridgehead atoms. The lowest BCUT2D eigenvalue weighted by atomic mass is 10.1. The third kappa shape index (κ3) is 4.76. The van der Waals surface area contributed by atoms with Gasteiger partial charge >= 0.3 is 6.18 Å². The van der Waals surface area contributed by atoms with Gasteiger partial charge in [-0.1, -0.05) is 23.7 Å². The van der Waals surface area contributed by atoms with Gasteiger partial charge in [0.05, 0.1) is 23.2 Å². The van der Waals surface area contributed by atoms with E-state index in [4.69, 9.17) is 16.3 Å². The Morgan fingerprint density at radius 2 is 1.93 bits per heavy atom. The molecule has 1 aliphatic heterocycles. The minimum Gasteiger partial charge on any atom is -0.478 e. The van der Waals surface area contributed by atoms with Crippen LogP contribution in [0.4, 0.5) is 24.5 Å². The predicted molar refractivity (Wildman–Crippen MR) is 103 cm³/mol. The molecule has 1 N–H and O–H groups in total. The number of anilines is 2. The maximum absolute atomic E-state index is 13.2. The molecule has 0 unspecified atom stereocenters. The minimum atomic E-state index is -4.65. The number of benzene rings is 2. The van der Waals surface area contributed by atoms with Crippen molar-refractivity contribution in [2.75, 3.05) is 22.4 Å². The van der Waals surface area contributed by atoms with Crippen LogP contribution in [0.1, 0.15) is 12.0 Å². The van der Waals surface area contributed by atoms with Gasteiger partial charge in [0, 0.05) is 18.0 Å². The Labute approximate surface area is 170 Å². The number of hydrogen-bond acceptors (Lipinski definition) is 4. The van der Waals surface area contributed by atoms with E-state index in [0.29, 0.717) is 0 Å². The monoisotopic (exact) mass is 448 g/mol. The van der Waals surface area contributed by atoms with Crippen LogP contribution < -0.4 is 14.4 Å². The van der Waals surface area contributed by atoms with E-state index in [1.165, 1.54) is 30.3 Å². The first kappa shape index (κ1) is 21.3. The molecular formula is C18H16ClF3N2O4S. The molecule has 0 spiro atoms. The van der Waals surface area contributed by atoms with Crippen molar-refractivity contribution in [3.63, 3.8) is 0 Å². The average molecular weight is 449 g/mol. The number of rotatable bonds is 3. The van der Waals surface area contributed by atoms with E-state index in [-0.39, 0.29) is 29.4 Å². The van der Waals surface area contributed by atoms with Crippen LogP contribution in [0, 0.1) is 0 Å². The standard InChI is InChI=1S/C18H16ClF3N2O4S/c1-29(26,27)24-9-8-16(28-15-7-6-11(19)10-14(15)24)17(25)23-13-5-3-2-4-12(13)18(20,21)22/h2-7,10,16H,8-9H2,1H3,(H,23,25)/t16-/m1/s1. The smallest absolute Gasteiger partial charge is 0.418 e. The quantitative estimate of drug-likeness (QED) is 0.772. The van der Waals surface area contributed by atoms with E-state index in [9.17, 15) is 26.4 Å². The van der Waals surface area contributed by atoms with Crippen LogP contribution in [0.5, 0.6) is 5.75 Å². The fourth-order valence-electron chi connectivity index (χ4n) is 2.93. The molecule has 6 nitrogen and oxygen atoms in total. The van der Waals surface area contributed by atoms with Crippen molar-refractivity contribution < 1.29 is 31.1 Å². The summed E-state index contributed by atoms with van der Waals surface area (Å²) in [5, 5.41) is 2.50. The van der Waals surface area contributed by atoms with Crippen LogP contribution in [-0.2, 0) is 21.0 Å². The number of sulfonamides is 1. The summed E-state index contributed by atoms with van der Waals surface area (Å²) in [4.78, 5) is 12.6. The number of nitrogens with zero attached hydrogens (tertiary/aromatic N) is 1. The largest absolute Gasteiger partial charge is 0.478 e. The highest BCUT2D eigenvalue weighted by Crippen LogP contribution is 2.37. The first-order valence-corrected chi connectivity index (χ1v) is 10.6. The van der Waals surface area contributed by atoms with Gasteiger partial charge in [0.25, 0.3) is 5.91 Å². The van der Waals surface area contributed by atoms with E-state index < -0.39 is 39.5 Å². The highest BCUT2D eigenvalue weighted by molar-refractivity contribution is 7.92. The Morgan fingerprint density at radius 1 is 1.24 bits per heavy atom. The topological polar surface area (TPSA) is 75.7 Å². The van der Waals surface area contributed by atoms with Crippen molar-refractivity contribution in [1.29, 1.82) is 0 Å². The Balaban J connectivity index is 1.90. The summed E-state index contributed by atoms with van der Waals surface area (Å²) >= 11 is 5.95. The second-order valence-corrected chi connectivity index (χ2v) is 8.72. The number of alkyl halides is 3. The zero-order valence-corrected chi connectivity index (χ0v) is 16.6. The number of hydrogen-bond donors (Lipinski definition) is 1. The first-order valence-electron chi connectivity index (χ1n) is 8.38. The van der Waals surface area contributed by atoms with Gasteiger partial charge < -0.3 is 10.1 Å². The summed E-state index contributed by atoms with van der Waals surface area (Å²) in [5.74, 6) is -0.737. The fourth-order valence-corrected chi connectivity index (χ4v) is 4.04. The molecule has 0 saturated carbocycles. The summed E-state index contributed by atoms with van der Waals surface area (Å²) in [6, 6.07) is 8.81. The maximum Gasteiger partial charge on any atom is 0.418 e. The molecule has 11 heteroatoms. The van der Waals surface area contributed by atoms with Crippen molar-refractivity contribution in [1.82, 2.24) is 0 Å². The molecule has 0 saturated heterocycles. The molecule has 1 heterocycles. The molecule has 1 aliphatic rings. The van der Waals surface area contributed by atoms with Crippen LogP contribution >= 0.6 is 11.6 Å². The lowest BCUT2D eigenvalue weighted by Gasteiger charge is -2.21. The molecule has 0 fully saturated rings. The molecule has 0 aromatic heterocycles. The van der Waals surface area contributed by atoms with Gasteiger partial charge in [-0.3, -0.25) is 9.10 Å². The molecule has 2 aromatic rings. The number of para-hydroxylation sites is 1. The number of carbonyl (C=O) groups is 1. The highest BCUT2D eigenvalue weighted by Gasteiger charge is 2.35. The summed E-state index contributed by atoms with van der Waals surface area (Å²) in [6.07, 6.45) is -4.93. The number of carbonyl (C=O) groups excluding carboxylic acids is 1. The van der Waals surface area contributed by atoms with Gasteiger partial charge in [-0.2, -0.15) is 13.2 Å². The van der Waals surface area contributed by atoms with E-state index in [1.807, 2.05) is 0 Å². The Kier molecular flexibility index (Phi) is 5.68. The van der Waals surface area contributed by atoms with Gasteiger partial charge in [0.15, 0.2) is 6.10 Å². The van der Waals surface area contributed by atoms with Gasteiger partial charge in [0.2, 0.25) is 10.0 Å². The third-order valence-corrected chi connectivity index (χ3v) is 5.65.